The summed E-state index contributed by atoms with van der Waals surface area (Å²) in [6.07, 6.45) is 1.35. The molecule has 1 aromatic heterocycles. The van der Waals surface area contributed by atoms with E-state index in [9.17, 15) is 10.1 Å². The van der Waals surface area contributed by atoms with Crippen LogP contribution >= 0.6 is 11.6 Å². The van der Waals surface area contributed by atoms with E-state index in [1.54, 1.807) is 0 Å². The predicted molar refractivity (Wildman–Crippen MR) is 62.7 cm³/mol. The fourth-order valence-electron chi connectivity index (χ4n) is 1.04. The van der Waals surface area contributed by atoms with Gasteiger partial charge in [0.2, 0.25) is 5.82 Å². The van der Waals surface area contributed by atoms with Gasteiger partial charge in [-0.25, -0.2) is 4.98 Å². The molecule has 1 aromatic rings. The van der Waals surface area contributed by atoms with Crippen LogP contribution in [0.5, 0.6) is 0 Å². The molecule has 3 N–H and O–H groups in total. The highest BCUT2D eigenvalue weighted by Crippen LogP contribution is 2.27. The molecule has 0 saturated heterocycles. The Balaban J connectivity index is 3.09. The van der Waals surface area contributed by atoms with E-state index in [0.29, 0.717) is 6.54 Å². The Morgan fingerprint density at radius 3 is 2.81 bits per heavy atom. The number of halogens is 1. The molecule has 0 aliphatic rings. The second-order valence-electron chi connectivity index (χ2n) is 3.99. The van der Waals surface area contributed by atoms with Crippen molar-refractivity contribution >= 4 is 23.1 Å². The van der Waals surface area contributed by atoms with Gasteiger partial charge in [-0.2, -0.15) is 0 Å². The van der Waals surface area contributed by atoms with Crippen LogP contribution < -0.4 is 11.1 Å². The summed E-state index contributed by atoms with van der Waals surface area (Å²) < 4.78 is 0. The number of nitrogens with one attached hydrogen (secondary N) is 1. The van der Waals surface area contributed by atoms with Gasteiger partial charge < -0.3 is 11.1 Å². The van der Waals surface area contributed by atoms with Gasteiger partial charge in [-0.05, 0) is 13.8 Å². The number of hydrogen-bond acceptors (Lipinski definition) is 5. The van der Waals surface area contributed by atoms with Crippen LogP contribution in [0.15, 0.2) is 12.3 Å². The minimum absolute atomic E-state index is 0.158. The summed E-state index contributed by atoms with van der Waals surface area (Å²) in [5, 5.41) is 13.9. The Bertz CT molecular complexity index is 408. The zero-order valence-electron chi connectivity index (χ0n) is 9.03. The lowest BCUT2D eigenvalue weighted by Crippen LogP contribution is -2.39. The number of aromatic nitrogens is 1. The molecule has 1 heterocycles. The van der Waals surface area contributed by atoms with Crippen molar-refractivity contribution in [3.05, 3.63) is 27.4 Å². The number of nitrogens with two attached hydrogens (primary N) is 1. The summed E-state index contributed by atoms with van der Waals surface area (Å²) in [6, 6.07) is 1.25. The van der Waals surface area contributed by atoms with Crippen molar-refractivity contribution < 1.29 is 4.92 Å². The van der Waals surface area contributed by atoms with E-state index in [1.807, 2.05) is 13.8 Å². The molecule has 0 fully saturated rings. The van der Waals surface area contributed by atoms with Gasteiger partial charge in [0.05, 0.1) is 9.95 Å². The van der Waals surface area contributed by atoms with Gasteiger partial charge in [0.15, 0.2) is 0 Å². The van der Waals surface area contributed by atoms with Crippen LogP contribution in [0.3, 0.4) is 0 Å². The van der Waals surface area contributed by atoms with Gasteiger partial charge in [-0.15, -0.1) is 0 Å². The first-order valence-electron chi connectivity index (χ1n) is 4.64. The maximum Gasteiger partial charge on any atom is 0.312 e. The Morgan fingerprint density at radius 1 is 1.69 bits per heavy atom. The molecule has 0 aliphatic carbocycles. The van der Waals surface area contributed by atoms with E-state index in [1.165, 1.54) is 12.3 Å². The fraction of sp³-hybridized carbons (Fsp3) is 0.444. The molecule has 0 amide bonds. The molecule has 0 atom stereocenters. The van der Waals surface area contributed by atoms with Gasteiger partial charge >= 0.3 is 5.69 Å². The molecule has 0 unspecified atom stereocenters. The van der Waals surface area contributed by atoms with Gasteiger partial charge in [0, 0.05) is 24.3 Å². The maximum absolute atomic E-state index is 10.8. The van der Waals surface area contributed by atoms with Crippen molar-refractivity contribution in [3.8, 4) is 0 Å². The van der Waals surface area contributed by atoms with E-state index in [0.717, 1.165) is 0 Å². The smallest absolute Gasteiger partial charge is 0.312 e. The highest BCUT2D eigenvalue weighted by molar-refractivity contribution is 6.30. The number of hydrogen-bond donors (Lipinski definition) is 2. The fourth-order valence-corrected chi connectivity index (χ4v) is 1.19. The van der Waals surface area contributed by atoms with E-state index in [4.69, 9.17) is 17.3 Å². The van der Waals surface area contributed by atoms with E-state index < -0.39 is 10.5 Å². The number of nitrogens with zero attached hydrogens (tertiary/aromatic N) is 2. The minimum Gasteiger partial charge on any atom is -0.358 e. The van der Waals surface area contributed by atoms with Gasteiger partial charge in [-0.1, -0.05) is 11.6 Å². The number of anilines is 1. The zero-order chi connectivity index (χ0) is 12.3. The largest absolute Gasteiger partial charge is 0.358 e. The predicted octanol–water partition coefficient (Wildman–Crippen LogP) is 1.79. The van der Waals surface area contributed by atoms with Crippen LogP contribution in [-0.4, -0.2) is 22.0 Å². The summed E-state index contributed by atoms with van der Waals surface area (Å²) in [5.74, 6) is 0.171. The molecule has 0 saturated carbocycles. The Kier molecular flexibility index (Phi) is 3.66. The van der Waals surface area contributed by atoms with Crippen molar-refractivity contribution in [2.75, 3.05) is 11.9 Å². The summed E-state index contributed by atoms with van der Waals surface area (Å²) in [7, 11) is 0. The van der Waals surface area contributed by atoms with E-state index in [2.05, 4.69) is 10.3 Å². The molecule has 0 radical (unpaired) electrons. The maximum atomic E-state index is 10.8. The third-order valence-corrected chi connectivity index (χ3v) is 2.20. The quantitative estimate of drug-likeness (QED) is 0.622. The molecular weight excluding hydrogens is 232 g/mol. The van der Waals surface area contributed by atoms with Crippen molar-refractivity contribution in [3.63, 3.8) is 0 Å². The number of pyridine rings is 1. The molecule has 0 bridgehead atoms. The number of rotatable bonds is 4. The summed E-state index contributed by atoms with van der Waals surface area (Å²) in [5.41, 5.74) is 4.90. The molecular formula is C9H13ClN4O2. The third-order valence-electron chi connectivity index (χ3n) is 2.00. The van der Waals surface area contributed by atoms with Crippen LogP contribution in [0.4, 0.5) is 11.5 Å². The molecule has 0 aromatic carbocycles. The number of nitro groups is 1. The third kappa shape index (κ3) is 3.04. The van der Waals surface area contributed by atoms with Crippen molar-refractivity contribution in [1.29, 1.82) is 0 Å². The first-order chi connectivity index (χ1) is 7.35. The zero-order valence-corrected chi connectivity index (χ0v) is 9.78. The Hall–Kier alpha value is -1.40. The van der Waals surface area contributed by atoms with Gasteiger partial charge in [0.25, 0.3) is 0 Å². The van der Waals surface area contributed by atoms with Crippen LogP contribution in [0.2, 0.25) is 5.02 Å². The average molecular weight is 245 g/mol. The lowest BCUT2D eigenvalue weighted by atomic mass is 10.1. The molecule has 6 nitrogen and oxygen atoms in total. The standard InChI is InChI=1S/C9H13ClN4O2/c1-9(2,5-11)13-8-7(14(15)16)3-6(10)4-12-8/h3-4H,5,11H2,1-2H3,(H,12,13). The van der Waals surface area contributed by atoms with Crippen LogP contribution in [0.1, 0.15) is 13.8 Å². The topological polar surface area (TPSA) is 94.1 Å². The second-order valence-corrected chi connectivity index (χ2v) is 4.43. The highest BCUT2D eigenvalue weighted by Gasteiger charge is 2.22. The van der Waals surface area contributed by atoms with Crippen LogP contribution in [0, 0.1) is 10.1 Å². The van der Waals surface area contributed by atoms with Gasteiger partial charge in [0.1, 0.15) is 0 Å². The van der Waals surface area contributed by atoms with Crippen molar-refractivity contribution in [2.24, 2.45) is 5.73 Å². The Morgan fingerprint density at radius 2 is 2.31 bits per heavy atom. The lowest BCUT2D eigenvalue weighted by Gasteiger charge is -2.24. The summed E-state index contributed by atoms with van der Waals surface area (Å²) in [4.78, 5) is 14.1. The van der Waals surface area contributed by atoms with Crippen LogP contribution in [-0.2, 0) is 0 Å². The molecule has 1 rings (SSSR count). The normalized spacial score (nSPS) is 11.2. The monoisotopic (exact) mass is 244 g/mol. The first kappa shape index (κ1) is 12.7. The summed E-state index contributed by atoms with van der Waals surface area (Å²) in [6.45, 7) is 3.98. The molecule has 0 spiro atoms. The lowest BCUT2D eigenvalue weighted by molar-refractivity contribution is -0.384. The van der Waals surface area contributed by atoms with Crippen LogP contribution in [0.25, 0.3) is 0 Å². The molecule has 16 heavy (non-hydrogen) atoms. The average Bonchev–Trinajstić information content (AvgIpc) is 2.20. The second kappa shape index (κ2) is 4.63. The SMILES string of the molecule is CC(C)(CN)Nc1ncc(Cl)cc1[N+](=O)[O-]. The first-order valence-corrected chi connectivity index (χ1v) is 5.02. The van der Waals surface area contributed by atoms with Crippen molar-refractivity contribution in [2.45, 2.75) is 19.4 Å². The van der Waals surface area contributed by atoms with E-state index >= 15 is 0 Å². The summed E-state index contributed by atoms with van der Waals surface area (Å²) >= 11 is 5.65. The molecule has 0 aliphatic heterocycles. The van der Waals surface area contributed by atoms with Gasteiger partial charge in [-0.3, -0.25) is 10.1 Å². The molecule has 7 heteroatoms. The Labute approximate surface area is 98.0 Å². The van der Waals surface area contributed by atoms with E-state index in [-0.39, 0.29) is 16.5 Å². The molecule has 88 valence electrons. The highest BCUT2D eigenvalue weighted by atomic mass is 35.5. The van der Waals surface area contributed by atoms with Crippen molar-refractivity contribution in [1.82, 2.24) is 4.98 Å². The minimum atomic E-state index is -0.534.